The number of hydrogen-bond acceptors (Lipinski definition) is 3. The molecule has 0 aliphatic carbocycles. The Morgan fingerprint density at radius 3 is 2.80 bits per heavy atom. The molecule has 0 spiro atoms. The van der Waals surface area contributed by atoms with Crippen LogP contribution >= 0.6 is 0 Å². The lowest BCUT2D eigenvalue weighted by molar-refractivity contribution is -0.124. The number of aliphatic hydroxyl groups excluding tert-OH is 1. The SMILES string of the molecule is COC[C@@H](C)NC(=O)CO. The standard InChI is InChI=1S/C6H13NO3/c1-5(4-10-2)7-6(9)3-8/h5,8H,3-4H2,1-2H3,(H,7,9)/t5-/m1/s1. The topological polar surface area (TPSA) is 58.6 Å². The number of amides is 1. The molecule has 0 aromatic carbocycles. The van der Waals surface area contributed by atoms with Gasteiger partial charge in [-0.25, -0.2) is 0 Å². The van der Waals surface area contributed by atoms with Gasteiger partial charge in [0, 0.05) is 13.2 Å². The number of carbonyl (C=O) groups excluding carboxylic acids is 1. The molecule has 0 aromatic rings. The zero-order valence-electron chi connectivity index (χ0n) is 6.26. The Hall–Kier alpha value is -0.610. The second-order valence-corrected chi connectivity index (χ2v) is 2.08. The molecule has 0 fully saturated rings. The number of hydrogen-bond donors (Lipinski definition) is 2. The summed E-state index contributed by atoms with van der Waals surface area (Å²) in [6.45, 7) is 1.80. The molecular formula is C6H13NO3. The molecule has 0 aliphatic rings. The van der Waals surface area contributed by atoms with Crippen LogP contribution in [0, 0.1) is 0 Å². The van der Waals surface area contributed by atoms with Gasteiger partial charge in [0.2, 0.25) is 5.91 Å². The van der Waals surface area contributed by atoms with Crippen LogP contribution in [-0.4, -0.2) is 37.4 Å². The molecule has 0 aromatic heterocycles. The van der Waals surface area contributed by atoms with Crippen LogP contribution in [-0.2, 0) is 9.53 Å². The van der Waals surface area contributed by atoms with Gasteiger partial charge in [0.1, 0.15) is 6.61 Å². The highest BCUT2D eigenvalue weighted by atomic mass is 16.5. The van der Waals surface area contributed by atoms with Crippen molar-refractivity contribution in [2.45, 2.75) is 13.0 Å². The molecule has 1 atom stereocenters. The van der Waals surface area contributed by atoms with Crippen molar-refractivity contribution in [1.29, 1.82) is 0 Å². The summed E-state index contributed by atoms with van der Waals surface area (Å²) in [6.07, 6.45) is 0. The number of nitrogens with one attached hydrogen (secondary N) is 1. The van der Waals surface area contributed by atoms with Crippen molar-refractivity contribution in [3.63, 3.8) is 0 Å². The van der Waals surface area contributed by atoms with Crippen LogP contribution in [0.2, 0.25) is 0 Å². The fourth-order valence-corrected chi connectivity index (χ4v) is 0.612. The van der Waals surface area contributed by atoms with Crippen LogP contribution < -0.4 is 5.32 Å². The lowest BCUT2D eigenvalue weighted by Gasteiger charge is -2.10. The van der Waals surface area contributed by atoms with Crippen molar-refractivity contribution in [1.82, 2.24) is 5.32 Å². The highest BCUT2D eigenvalue weighted by molar-refractivity contribution is 5.77. The second-order valence-electron chi connectivity index (χ2n) is 2.08. The third kappa shape index (κ3) is 4.29. The summed E-state index contributed by atoms with van der Waals surface area (Å²) in [5.74, 6) is -0.371. The summed E-state index contributed by atoms with van der Waals surface area (Å²) in [6, 6.07) is -0.0374. The van der Waals surface area contributed by atoms with Gasteiger partial charge in [-0.1, -0.05) is 0 Å². The van der Waals surface area contributed by atoms with Gasteiger partial charge in [-0.15, -0.1) is 0 Å². The normalized spacial score (nSPS) is 12.7. The van der Waals surface area contributed by atoms with Crippen LogP contribution in [0.1, 0.15) is 6.92 Å². The second kappa shape index (κ2) is 5.20. The highest BCUT2D eigenvalue weighted by Gasteiger charge is 2.03. The average molecular weight is 147 g/mol. The molecule has 4 heteroatoms. The first-order chi connectivity index (χ1) is 4.70. The average Bonchev–Trinajstić information content (AvgIpc) is 1.88. The van der Waals surface area contributed by atoms with Crippen molar-refractivity contribution >= 4 is 5.91 Å². The van der Waals surface area contributed by atoms with E-state index in [0.29, 0.717) is 6.61 Å². The van der Waals surface area contributed by atoms with E-state index < -0.39 is 6.61 Å². The first-order valence-electron chi connectivity index (χ1n) is 3.10. The molecule has 2 N–H and O–H groups in total. The van der Waals surface area contributed by atoms with E-state index in [1.54, 1.807) is 14.0 Å². The summed E-state index contributed by atoms with van der Waals surface area (Å²) < 4.78 is 4.75. The first kappa shape index (κ1) is 9.39. The summed E-state index contributed by atoms with van der Waals surface area (Å²) in [7, 11) is 1.56. The van der Waals surface area contributed by atoms with E-state index in [2.05, 4.69) is 5.32 Å². The van der Waals surface area contributed by atoms with Gasteiger partial charge in [-0.2, -0.15) is 0 Å². The molecule has 0 rings (SSSR count). The molecule has 0 aliphatic heterocycles. The number of rotatable bonds is 4. The monoisotopic (exact) mass is 147 g/mol. The van der Waals surface area contributed by atoms with Crippen LogP contribution in [0.3, 0.4) is 0 Å². The molecule has 0 unspecified atom stereocenters. The zero-order chi connectivity index (χ0) is 7.98. The predicted octanol–water partition coefficient (Wildman–Crippen LogP) is -0.870. The molecule has 0 saturated carbocycles. The van der Waals surface area contributed by atoms with Crippen LogP contribution in [0.5, 0.6) is 0 Å². The Morgan fingerprint density at radius 2 is 2.40 bits per heavy atom. The summed E-state index contributed by atoms with van der Waals surface area (Å²) in [4.78, 5) is 10.5. The molecular weight excluding hydrogens is 134 g/mol. The summed E-state index contributed by atoms with van der Waals surface area (Å²) in [5, 5.41) is 10.8. The van der Waals surface area contributed by atoms with E-state index in [9.17, 15) is 4.79 Å². The number of methoxy groups -OCH3 is 1. The van der Waals surface area contributed by atoms with E-state index in [1.807, 2.05) is 0 Å². The van der Waals surface area contributed by atoms with E-state index in [-0.39, 0.29) is 11.9 Å². The lowest BCUT2D eigenvalue weighted by atomic mass is 10.3. The zero-order valence-corrected chi connectivity index (χ0v) is 6.26. The van der Waals surface area contributed by atoms with Crippen LogP contribution in [0.15, 0.2) is 0 Å². The van der Waals surface area contributed by atoms with Crippen LogP contribution in [0.25, 0.3) is 0 Å². The minimum absolute atomic E-state index is 0.0374. The van der Waals surface area contributed by atoms with E-state index >= 15 is 0 Å². The van der Waals surface area contributed by atoms with E-state index in [4.69, 9.17) is 9.84 Å². The molecule has 0 heterocycles. The third-order valence-electron chi connectivity index (χ3n) is 0.968. The molecule has 0 radical (unpaired) electrons. The maximum Gasteiger partial charge on any atom is 0.245 e. The highest BCUT2D eigenvalue weighted by Crippen LogP contribution is 1.80. The fraction of sp³-hybridized carbons (Fsp3) is 0.833. The van der Waals surface area contributed by atoms with Gasteiger partial charge in [-0.3, -0.25) is 4.79 Å². The lowest BCUT2D eigenvalue weighted by Crippen LogP contribution is -2.37. The molecule has 0 bridgehead atoms. The van der Waals surface area contributed by atoms with Crippen LogP contribution in [0.4, 0.5) is 0 Å². The van der Waals surface area contributed by atoms with Crippen molar-refractivity contribution in [2.75, 3.05) is 20.3 Å². The number of ether oxygens (including phenoxy) is 1. The maximum absolute atomic E-state index is 10.5. The Morgan fingerprint density at radius 1 is 1.80 bits per heavy atom. The van der Waals surface area contributed by atoms with Gasteiger partial charge in [0.25, 0.3) is 0 Å². The van der Waals surface area contributed by atoms with Crippen molar-refractivity contribution < 1.29 is 14.6 Å². The minimum atomic E-state index is -0.464. The summed E-state index contributed by atoms with van der Waals surface area (Å²) >= 11 is 0. The summed E-state index contributed by atoms with van der Waals surface area (Å²) in [5.41, 5.74) is 0. The van der Waals surface area contributed by atoms with Gasteiger partial charge >= 0.3 is 0 Å². The smallest absolute Gasteiger partial charge is 0.245 e. The number of carbonyl (C=O) groups is 1. The Labute approximate surface area is 60.2 Å². The Balaban J connectivity index is 3.37. The van der Waals surface area contributed by atoms with Gasteiger partial charge in [0.05, 0.1) is 6.61 Å². The van der Waals surface area contributed by atoms with Crippen molar-refractivity contribution in [3.05, 3.63) is 0 Å². The molecule has 60 valence electrons. The van der Waals surface area contributed by atoms with Crippen molar-refractivity contribution in [3.8, 4) is 0 Å². The quantitative estimate of drug-likeness (QED) is 0.543. The molecule has 10 heavy (non-hydrogen) atoms. The van der Waals surface area contributed by atoms with Gasteiger partial charge in [0.15, 0.2) is 0 Å². The predicted molar refractivity (Wildman–Crippen MR) is 36.6 cm³/mol. The largest absolute Gasteiger partial charge is 0.387 e. The Kier molecular flexibility index (Phi) is 4.88. The van der Waals surface area contributed by atoms with E-state index in [1.165, 1.54) is 0 Å². The minimum Gasteiger partial charge on any atom is -0.387 e. The van der Waals surface area contributed by atoms with Gasteiger partial charge in [-0.05, 0) is 6.92 Å². The molecule has 4 nitrogen and oxygen atoms in total. The fourth-order valence-electron chi connectivity index (χ4n) is 0.612. The third-order valence-corrected chi connectivity index (χ3v) is 0.968. The Bertz CT molecular complexity index is 105. The maximum atomic E-state index is 10.5. The van der Waals surface area contributed by atoms with Gasteiger partial charge < -0.3 is 15.2 Å². The van der Waals surface area contributed by atoms with Crippen molar-refractivity contribution in [2.24, 2.45) is 0 Å². The first-order valence-corrected chi connectivity index (χ1v) is 3.10. The van der Waals surface area contributed by atoms with E-state index in [0.717, 1.165) is 0 Å². The number of aliphatic hydroxyl groups is 1. The molecule has 0 saturated heterocycles. The molecule has 1 amide bonds.